The first-order chi connectivity index (χ1) is 17.9. The normalized spacial score (nSPS) is 14.6. The Bertz CT molecular complexity index is 1080. The predicted octanol–water partition coefficient (Wildman–Crippen LogP) is 3.98. The van der Waals surface area contributed by atoms with Crippen molar-refractivity contribution in [2.75, 3.05) is 40.4 Å². The molecule has 1 aliphatic rings. The molecule has 0 aliphatic heterocycles. The van der Waals surface area contributed by atoms with Gasteiger partial charge in [-0.15, -0.1) is 0 Å². The molecule has 8 nitrogen and oxygen atoms in total. The maximum atomic E-state index is 12.2. The third-order valence-electron chi connectivity index (χ3n) is 6.12. The number of nitrogens with one attached hydrogen (secondary N) is 4. The van der Waals surface area contributed by atoms with Crippen LogP contribution in [0.15, 0.2) is 71.8 Å². The lowest BCUT2D eigenvalue weighted by Crippen LogP contribution is -2.38. The maximum absolute atomic E-state index is 12.2. The number of ether oxygens (including phenoxy) is 2. The molecule has 0 fully saturated rings. The van der Waals surface area contributed by atoms with Gasteiger partial charge in [-0.05, 0) is 66.1 Å². The first-order valence-corrected chi connectivity index (χ1v) is 12.6. The van der Waals surface area contributed by atoms with Gasteiger partial charge in [0, 0.05) is 26.2 Å². The zero-order valence-corrected chi connectivity index (χ0v) is 21.9. The Morgan fingerprint density at radius 1 is 0.757 bits per heavy atom. The molecule has 0 spiro atoms. The number of allylic oxidation sites excluding steroid dienone is 1. The molecule has 2 aromatic carbocycles. The van der Waals surface area contributed by atoms with Crippen molar-refractivity contribution in [3.05, 3.63) is 83.0 Å². The van der Waals surface area contributed by atoms with E-state index in [1.165, 1.54) is 0 Å². The molecule has 2 aromatic rings. The molecular weight excluding hydrogens is 468 g/mol. The molecule has 4 amide bonds. The topological polar surface area (TPSA) is 101 Å². The lowest BCUT2D eigenvalue weighted by atomic mass is 9.91. The summed E-state index contributed by atoms with van der Waals surface area (Å²) in [6.45, 7) is 4.15. The molecule has 8 heteroatoms. The lowest BCUT2D eigenvalue weighted by Gasteiger charge is -2.20. The monoisotopic (exact) mass is 506 g/mol. The third-order valence-corrected chi connectivity index (χ3v) is 6.12. The van der Waals surface area contributed by atoms with Gasteiger partial charge in [0.15, 0.2) is 0 Å². The molecule has 1 unspecified atom stereocenters. The average Bonchev–Trinajstić information content (AvgIpc) is 2.91. The van der Waals surface area contributed by atoms with E-state index >= 15 is 0 Å². The third kappa shape index (κ3) is 9.91. The zero-order valence-electron chi connectivity index (χ0n) is 21.9. The number of carbonyl (C=O) groups excluding carboxylic acids is 2. The smallest absolute Gasteiger partial charge is 0.315 e. The highest BCUT2D eigenvalue weighted by atomic mass is 16.5. The summed E-state index contributed by atoms with van der Waals surface area (Å²) in [5.41, 5.74) is 4.45. The molecule has 0 heterocycles. The average molecular weight is 507 g/mol. The Balaban J connectivity index is 1.34. The van der Waals surface area contributed by atoms with E-state index in [2.05, 4.69) is 40.3 Å². The molecule has 37 heavy (non-hydrogen) atoms. The van der Waals surface area contributed by atoms with Gasteiger partial charge >= 0.3 is 12.1 Å². The largest absolute Gasteiger partial charge is 0.497 e. The van der Waals surface area contributed by atoms with Crippen molar-refractivity contribution in [2.45, 2.75) is 26.2 Å². The Morgan fingerprint density at radius 3 is 1.73 bits per heavy atom. The van der Waals surface area contributed by atoms with Gasteiger partial charge in [-0.1, -0.05) is 48.9 Å². The molecule has 0 bridgehead atoms. The van der Waals surface area contributed by atoms with Gasteiger partial charge in [-0.25, -0.2) is 9.59 Å². The second-order valence-electron chi connectivity index (χ2n) is 9.14. The number of hydrogen-bond donors (Lipinski definition) is 4. The predicted molar refractivity (Wildman–Crippen MR) is 146 cm³/mol. The van der Waals surface area contributed by atoms with Crippen molar-refractivity contribution >= 4 is 12.1 Å². The van der Waals surface area contributed by atoms with Crippen molar-refractivity contribution in [2.24, 2.45) is 5.92 Å². The number of rotatable bonds is 12. The van der Waals surface area contributed by atoms with Gasteiger partial charge in [0.1, 0.15) is 11.5 Å². The van der Waals surface area contributed by atoms with Crippen LogP contribution in [0, 0.1) is 5.92 Å². The number of amides is 4. The minimum absolute atomic E-state index is 0.187. The SMILES string of the molecule is COc1ccc(CCNC(=O)NCC2=CC(C)CC(CNC(=O)NCCc3ccc(OC)cc3)=C2)cc1. The van der Waals surface area contributed by atoms with Gasteiger partial charge in [-0.3, -0.25) is 0 Å². The Morgan fingerprint density at radius 2 is 1.24 bits per heavy atom. The highest BCUT2D eigenvalue weighted by Crippen LogP contribution is 2.21. The van der Waals surface area contributed by atoms with Gasteiger partial charge < -0.3 is 30.7 Å². The Hall–Kier alpha value is -3.94. The second kappa shape index (κ2) is 14.6. The maximum Gasteiger partial charge on any atom is 0.315 e. The van der Waals surface area contributed by atoms with E-state index in [1.807, 2.05) is 48.5 Å². The van der Waals surface area contributed by atoms with Gasteiger partial charge in [0.2, 0.25) is 0 Å². The number of urea groups is 2. The van der Waals surface area contributed by atoms with E-state index in [0.717, 1.165) is 53.0 Å². The van der Waals surface area contributed by atoms with Crippen LogP contribution in [0.4, 0.5) is 9.59 Å². The van der Waals surface area contributed by atoms with Crippen LogP contribution in [0.25, 0.3) is 0 Å². The number of hydrogen-bond acceptors (Lipinski definition) is 4. The van der Waals surface area contributed by atoms with Gasteiger partial charge in [0.05, 0.1) is 14.2 Å². The van der Waals surface area contributed by atoms with E-state index in [0.29, 0.717) is 32.1 Å². The van der Waals surface area contributed by atoms with Crippen LogP contribution < -0.4 is 30.7 Å². The molecule has 4 N–H and O–H groups in total. The second-order valence-corrected chi connectivity index (χ2v) is 9.14. The quantitative estimate of drug-likeness (QED) is 0.350. The molecule has 1 aliphatic carbocycles. The van der Waals surface area contributed by atoms with Crippen molar-refractivity contribution in [3.8, 4) is 11.5 Å². The summed E-state index contributed by atoms with van der Waals surface area (Å²) in [6, 6.07) is 15.3. The van der Waals surface area contributed by atoms with E-state index in [9.17, 15) is 9.59 Å². The first-order valence-electron chi connectivity index (χ1n) is 12.6. The number of methoxy groups -OCH3 is 2. The molecule has 198 valence electrons. The highest BCUT2D eigenvalue weighted by Gasteiger charge is 2.13. The fraction of sp³-hybridized carbons (Fsp3) is 0.379. The van der Waals surface area contributed by atoms with Crippen LogP contribution >= 0.6 is 0 Å². The van der Waals surface area contributed by atoms with Gasteiger partial charge in [0.25, 0.3) is 0 Å². The van der Waals surface area contributed by atoms with E-state index in [-0.39, 0.29) is 12.1 Å². The van der Waals surface area contributed by atoms with Crippen LogP contribution in [0.5, 0.6) is 11.5 Å². The summed E-state index contributed by atoms with van der Waals surface area (Å²) in [6.07, 6.45) is 6.60. The summed E-state index contributed by atoms with van der Waals surface area (Å²) in [7, 11) is 3.28. The van der Waals surface area contributed by atoms with Crippen LogP contribution in [0.3, 0.4) is 0 Å². The van der Waals surface area contributed by atoms with E-state index < -0.39 is 0 Å². The molecule has 0 saturated heterocycles. The van der Waals surface area contributed by atoms with Crippen molar-refractivity contribution in [1.82, 2.24) is 21.3 Å². The van der Waals surface area contributed by atoms with Crippen molar-refractivity contribution in [1.29, 1.82) is 0 Å². The molecule has 1 atom stereocenters. The van der Waals surface area contributed by atoms with Crippen LogP contribution in [-0.4, -0.2) is 52.5 Å². The van der Waals surface area contributed by atoms with Crippen molar-refractivity contribution in [3.63, 3.8) is 0 Å². The minimum atomic E-state index is -0.197. The molecular formula is C29H38N4O4. The summed E-state index contributed by atoms with van der Waals surface area (Å²) in [5.74, 6) is 1.98. The summed E-state index contributed by atoms with van der Waals surface area (Å²) in [5, 5.41) is 11.7. The van der Waals surface area contributed by atoms with E-state index in [1.54, 1.807) is 14.2 Å². The highest BCUT2D eigenvalue weighted by molar-refractivity contribution is 5.74. The first kappa shape index (κ1) is 27.6. The lowest BCUT2D eigenvalue weighted by molar-refractivity contribution is 0.241. The molecule has 0 radical (unpaired) electrons. The zero-order chi connectivity index (χ0) is 26.5. The summed E-state index contributed by atoms with van der Waals surface area (Å²) in [4.78, 5) is 24.5. The van der Waals surface area contributed by atoms with Crippen molar-refractivity contribution < 1.29 is 19.1 Å². The van der Waals surface area contributed by atoms with Gasteiger partial charge in [-0.2, -0.15) is 0 Å². The van der Waals surface area contributed by atoms with Crippen LogP contribution in [-0.2, 0) is 12.8 Å². The standard InChI is InChI=1S/C29H38N4O4/c1-21-16-24(19-32-28(34)30-14-12-22-4-8-26(36-2)9-5-22)18-25(17-21)20-33-29(35)31-15-13-23-6-10-27(37-3)11-7-23/h4-11,16,18,21H,12-15,17,19-20H2,1-3H3,(H2,30,32,34)(H2,31,33,35). The Kier molecular flexibility index (Phi) is 10.9. The summed E-state index contributed by atoms with van der Waals surface area (Å²) < 4.78 is 10.3. The Labute approximate surface area is 219 Å². The number of carbonyl (C=O) groups is 2. The molecule has 0 aromatic heterocycles. The molecule has 3 rings (SSSR count). The van der Waals surface area contributed by atoms with Crippen LogP contribution in [0.1, 0.15) is 24.5 Å². The fourth-order valence-electron chi connectivity index (χ4n) is 4.17. The molecule has 0 saturated carbocycles. The van der Waals surface area contributed by atoms with Crippen LogP contribution in [0.2, 0.25) is 0 Å². The fourth-order valence-corrected chi connectivity index (χ4v) is 4.17. The minimum Gasteiger partial charge on any atom is -0.497 e. The number of benzene rings is 2. The summed E-state index contributed by atoms with van der Waals surface area (Å²) >= 11 is 0. The van der Waals surface area contributed by atoms with E-state index in [4.69, 9.17) is 9.47 Å².